The molecule has 1 amide bonds. The van der Waals surface area contributed by atoms with Gasteiger partial charge < -0.3 is 10.1 Å². The van der Waals surface area contributed by atoms with Crippen LogP contribution in [0.3, 0.4) is 0 Å². The Kier molecular flexibility index (Phi) is 6.62. The van der Waals surface area contributed by atoms with E-state index < -0.39 is 0 Å². The first kappa shape index (κ1) is 18.4. The summed E-state index contributed by atoms with van der Waals surface area (Å²) in [5.74, 6) is 1.50. The fourth-order valence-corrected chi connectivity index (χ4v) is 3.92. The minimum absolute atomic E-state index is 0.0563. The first-order chi connectivity index (χ1) is 12.7. The monoisotopic (exact) mass is 385 g/mol. The Morgan fingerprint density at radius 1 is 1.12 bits per heavy atom. The lowest BCUT2D eigenvalue weighted by Gasteiger charge is -2.03. The number of benzene rings is 2. The minimum Gasteiger partial charge on any atom is -0.497 e. The molecule has 0 spiro atoms. The number of methoxy groups -OCH3 is 1. The summed E-state index contributed by atoms with van der Waals surface area (Å²) in [5, 5.41) is 12.5. The number of ether oxygens (including phenoxy) is 1. The van der Waals surface area contributed by atoms with Crippen molar-refractivity contribution in [3.05, 3.63) is 65.2 Å². The van der Waals surface area contributed by atoms with E-state index in [9.17, 15) is 4.79 Å². The van der Waals surface area contributed by atoms with Gasteiger partial charge in [-0.2, -0.15) is 0 Å². The van der Waals surface area contributed by atoms with Crippen LogP contribution in [0.5, 0.6) is 5.75 Å². The summed E-state index contributed by atoms with van der Waals surface area (Å²) in [6.45, 7) is 0. The van der Waals surface area contributed by atoms with Crippen molar-refractivity contribution < 1.29 is 9.53 Å². The van der Waals surface area contributed by atoms with Crippen LogP contribution in [0.15, 0.2) is 59.5 Å². The highest BCUT2D eigenvalue weighted by atomic mass is 32.2. The van der Waals surface area contributed by atoms with Gasteiger partial charge in [-0.3, -0.25) is 4.79 Å². The molecular formula is C19H19N3O2S2. The number of amides is 1. The smallest absolute Gasteiger partial charge is 0.226 e. The number of rotatable bonds is 8. The van der Waals surface area contributed by atoms with Gasteiger partial charge in [0, 0.05) is 11.3 Å². The van der Waals surface area contributed by atoms with Crippen molar-refractivity contribution in [1.82, 2.24) is 10.2 Å². The van der Waals surface area contributed by atoms with Crippen LogP contribution in [-0.2, 0) is 17.0 Å². The molecule has 0 radical (unpaired) electrons. The largest absolute Gasteiger partial charge is 0.497 e. The van der Waals surface area contributed by atoms with Crippen molar-refractivity contribution in [3.8, 4) is 5.75 Å². The van der Waals surface area contributed by atoms with Gasteiger partial charge in [-0.15, -0.1) is 22.0 Å². The average Bonchev–Trinajstić information content (AvgIpc) is 3.13. The quantitative estimate of drug-likeness (QED) is 0.582. The summed E-state index contributed by atoms with van der Waals surface area (Å²) in [5.41, 5.74) is 1.10. The van der Waals surface area contributed by atoms with E-state index in [-0.39, 0.29) is 5.91 Å². The molecule has 0 atom stereocenters. The number of nitrogens with one attached hydrogen (secondary N) is 1. The van der Waals surface area contributed by atoms with E-state index >= 15 is 0 Å². The number of carbonyl (C=O) groups excluding carboxylic acids is 1. The zero-order valence-electron chi connectivity index (χ0n) is 14.3. The van der Waals surface area contributed by atoms with E-state index in [0.717, 1.165) is 22.1 Å². The van der Waals surface area contributed by atoms with E-state index in [1.807, 2.05) is 42.5 Å². The third kappa shape index (κ3) is 5.57. The number of nitrogens with zero attached hydrogens (tertiary/aromatic N) is 2. The van der Waals surface area contributed by atoms with Crippen LogP contribution < -0.4 is 10.1 Å². The van der Waals surface area contributed by atoms with Crippen molar-refractivity contribution >= 4 is 34.1 Å². The van der Waals surface area contributed by atoms with Crippen LogP contribution >= 0.6 is 23.1 Å². The van der Waals surface area contributed by atoms with Crippen LogP contribution in [0.4, 0.5) is 5.13 Å². The molecule has 1 heterocycles. The molecule has 1 aromatic heterocycles. The third-order valence-electron chi connectivity index (χ3n) is 3.62. The topological polar surface area (TPSA) is 64.1 Å². The molecule has 0 aliphatic rings. The average molecular weight is 386 g/mol. The second-order valence-corrected chi connectivity index (χ2v) is 7.61. The van der Waals surface area contributed by atoms with Gasteiger partial charge in [-0.05, 0) is 36.2 Å². The van der Waals surface area contributed by atoms with Gasteiger partial charge in [0.25, 0.3) is 0 Å². The predicted molar refractivity (Wildman–Crippen MR) is 106 cm³/mol. The summed E-state index contributed by atoms with van der Waals surface area (Å²) in [6, 6.07) is 17.9. The minimum atomic E-state index is -0.0563. The van der Waals surface area contributed by atoms with Crippen LogP contribution in [0.2, 0.25) is 0 Å². The number of aromatic nitrogens is 2. The Hall–Kier alpha value is -2.38. The number of hydrogen-bond donors (Lipinski definition) is 1. The first-order valence-electron chi connectivity index (χ1n) is 8.16. The Morgan fingerprint density at radius 2 is 1.88 bits per heavy atom. The Morgan fingerprint density at radius 3 is 2.62 bits per heavy atom. The maximum Gasteiger partial charge on any atom is 0.226 e. The summed E-state index contributed by atoms with van der Waals surface area (Å²) >= 11 is 3.12. The molecule has 0 aliphatic heterocycles. The molecule has 0 fully saturated rings. The van der Waals surface area contributed by atoms with Crippen molar-refractivity contribution in [1.29, 1.82) is 0 Å². The molecule has 7 heteroatoms. The molecule has 0 saturated carbocycles. The lowest BCUT2D eigenvalue weighted by molar-refractivity contribution is -0.116. The number of carbonyl (C=O) groups is 1. The Labute approximate surface area is 160 Å². The molecule has 5 nitrogen and oxygen atoms in total. The van der Waals surface area contributed by atoms with Crippen molar-refractivity contribution in [2.45, 2.75) is 23.5 Å². The lowest BCUT2D eigenvalue weighted by Crippen LogP contribution is -2.12. The highest BCUT2D eigenvalue weighted by Crippen LogP contribution is 2.25. The Balaban J connectivity index is 1.44. The number of hydrogen-bond acceptors (Lipinski definition) is 6. The van der Waals surface area contributed by atoms with Gasteiger partial charge in [0.2, 0.25) is 11.0 Å². The number of anilines is 1. The fraction of sp³-hybridized carbons (Fsp3) is 0.211. The van der Waals surface area contributed by atoms with Gasteiger partial charge >= 0.3 is 0 Å². The van der Waals surface area contributed by atoms with Gasteiger partial charge in [-0.1, -0.05) is 41.7 Å². The van der Waals surface area contributed by atoms with Crippen LogP contribution in [0, 0.1) is 0 Å². The highest BCUT2D eigenvalue weighted by Gasteiger charge is 2.09. The number of thioether (sulfide) groups is 1. The van der Waals surface area contributed by atoms with Crippen molar-refractivity contribution in [2.24, 2.45) is 0 Å². The van der Waals surface area contributed by atoms with E-state index in [0.29, 0.717) is 18.0 Å². The first-order valence-corrected chi connectivity index (χ1v) is 9.96. The standard InChI is InChI=1S/C19H19N3O2S2/c1-24-15-10-7-14(8-11-15)9-12-17(23)20-19-22-21-18(26-19)13-25-16-5-3-2-4-6-16/h2-8,10-11H,9,12-13H2,1H3,(H,20,22,23). The number of aryl methyl sites for hydroxylation is 1. The van der Waals surface area contributed by atoms with E-state index in [1.54, 1.807) is 18.9 Å². The second kappa shape index (κ2) is 9.35. The van der Waals surface area contributed by atoms with Gasteiger partial charge in [-0.25, -0.2) is 0 Å². The molecule has 2 aromatic carbocycles. The molecule has 134 valence electrons. The maximum absolute atomic E-state index is 12.1. The van der Waals surface area contributed by atoms with Crippen molar-refractivity contribution in [3.63, 3.8) is 0 Å². The molecule has 0 unspecified atom stereocenters. The maximum atomic E-state index is 12.1. The SMILES string of the molecule is COc1ccc(CCC(=O)Nc2nnc(CSc3ccccc3)s2)cc1. The summed E-state index contributed by atoms with van der Waals surface area (Å²) in [7, 11) is 1.64. The lowest BCUT2D eigenvalue weighted by atomic mass is 10.1. The van der Waals surface area contributed by atoms with Crippen molar-refractivity contribution in [2.75, 3.05) is 12.4 Å². The molecule has 0 saturated heterocycles. The zero-order chi connectivity index (χ0) is 18.2. The van der Waals surface area contributed by atoms with Gasteiger partial charge in [0.15, 0.2) is 0 Å². The molecular weight excluding hydrogens is 366 g/mol. The predicted octanol–water partition coefficient (Wildman–Crippen LogP) is 4.41. The normalized spacial score (nSPS) is 10.5. The second-order valence-electron chi connectivity index (χ2n) is 5.50. The van der Waals surface area contributed by atoms with E-state index in [4.69, 9.17) is 4.74 Å². The zero-order valence-corrected chi connectivity index (χ0v) is 16.0. The molecule has 3 aromatic rings. The van der Waals surface area contributed by atoms with Gasteiger partial charge in [0.05, 0.1) is 12.9 Å². The molecule has 26 heavy (non-hydrogen) atoms. The summed E-state index contributed by atoms with van der Waals surface area (Å²) < 4.78 is 5.13. The fourth-order valence-electron chi connectivity index (χ4n) is 2.26. The summed E-state index contributed by atoms with van der Waals surface area (Å²) in [6.07, 6.45) is 1.07. The van der Waals surface area contributed by atoms with Gasteiger partial charge in [0.1, 0.15) is 10.8 Å². The third-order valence-corrected chi connectivity index (χ3v) is 5.66. The van der Waals surface area contributed by atoms with Crippen LogP contribution in [0.1, 0.15) is 17.0 Å². The van der Waals surface area contributed by atoms with Crippen LogP contribution in [-0.4, -0.2) is 23.2 Å². The molecule has 0 bridgehead atoms. The molecule has 3 rings (SSSR count). The Bertz CT molecular complexity index is 836. The van der Waals surface area contributed by atoms with E-state index in [1.165, 1.54) is 16.2 Å². The molecule has 1 N–H and O–H groups in total. The molecule has 0 aliphatic carbocycles. The van der Waals surface area contributed by atoms with Crippen LogP contribution in [0.25, 0.3) is 0 Å². The van der Waals surface area contributed by atoms with E-state index in [2.05, 4.69) is 27.6 Å². The summed E-state index contributed by atoms with van der Waals surface area (Å²) in [4.78, 5) is 13.3. The highest BCUT2D eigenvalue weighted by molar-refractivity contribution is 7.98.